The van der Waals surface area contributed by atoms with Crippen LogP contribution in [0.15, 0.2) is 52.7 Å². The van der Waals surface area contributed by atoms with Gasteiger partial charge in [0.1, 0.15) is 17.0 Å². The van der Waals surface area contributed by atoms with E-state index in [1.165, 1.54) is 24.3 Å². The van der Waals surface area contributed by atoms with E-state index in [2.05, 4.69) is 10.2 Å². The highest BCUT2D eigenvalue weighted by molar-refractivity contribution is 5.93. The fourth-order valence-corrected chi connectivity index (χ4v) is 1.61. The lowest BCUT2D eigenvalue weighted by Crippen LogP contribution is -1.96. The van der Waals surface area contributed by atoms with Gasteiger partial charge in [-0.15, -0.1) is 5.11 Å². The Morgan fingerprint density at radius 3 is 2.14 bits per heavy atom. The first kappa shape index (κ1) is 16.8. The third kappa shape index (κ3) is 3.64. The Kier molecular flexibility index (Phi) is 5.31. The van der Waals surface area contributed by atoms with Crippen molar-refractivity contribution in [3.63, 3.8) is 0 Å². The first-order chi connectivity index (χ1) is 9.99. The summed E-state index contributed by atoms with van der Waals surface area (Å²) in [5, 5.41) is 34.9. The number of azo groups is 1. The number of carboxylic acid groups (broad SMARTS) is 2. The van der Waals surface area contributed by atoms with Crippen LogP contribution in [-0.4, -0.2) is 32.7 Å². The van der Waals surface area contributed by atoms with Crippen LogP contribution in [-0.2, 0) is 0 Å². The topological polar surface area (TPSA) is 151 Å². The summed E-state index contributed by atoms with van der Waals surface area (Å²) in [6.07, 6.45) is 0. The second-order valence-corrected chi connectivity index (χ2v) is 4.03. The van der Waals surface area contributed by atoms with Crippen LogP contribution in [0, 0.1) is 0 Å². The number of carboxylic acids is 2. The van der Waals surface area contributed by atoms with Crippen molar-refractivity contribution in [2.75, 3.05) is 0 Å². The van der Waals surface area contributed by atoms with Gasteiger partial charge in [-0.25, -0.2) is 9.59 Å². The number of hydrogen-bond donors (Lipinski definition) is 3. The molecule has 8 heteroatoms. The molecule has 2 aromatic rings. The third-order valence-corrected chi connectivity index (χ3v) is 2.62. The van der Waals surface area contributed by atoms with E-state index in [1.54, 1.807) is 12.1 Å². The number of hydrogen-bond acceptors (Lipinski definition) is 5. The summed E-state index contributed by atoms with van der Waals surface area (Å²) in [6, 6.07) is 9.73. The number of carbonyl (C=O) groups is 2. The molecule has 0 saturated carbocycles. The predicted molar refractivity (Wildman–Crippen MR) is 76.3 cm³/mol. The summed E-state index contributed by atoms with van der Waals surface area (Å²) in [7, 11) is 0. The summed E-state index contributed by atoms with van der Waals surface area (Å²) in [4.78, 5) is 21.9. The average molecular weight is 304 g/mol. The first-order valence-electron chi connectivity index (χ1n) is 5.79. The molecule has 0 atom stereocenters. The van der Waals surface area contributed by atoms with Crippen molar-refractivity contribution in [1.82, 2.24) is 0 Å². The highest BCUT2D eigenvalue weighted by Gasteiger charge is 2.11. The predicted octanol–water partition coefficient (Wildman–Crippen LogP) is 2.38. The Labute approximate surface area is 124 Å². The summed E-state index contributed by atoms with van der Waals surface area (Å²) >= 11 is 0. The first-order valence-corrected chi connectivity index (χ1v) is 5.79. The van der Waals surface area contributed by atoms with Gasteiger partial charge in [-0.1, -0.05) is 12.1 Å². The van der Waals surface area contributed by atoms with Crippen molar-refractivity contribution in [2.24, 2.45) is 10.2 Å². The van der Waals surface area contributed by atoms with E-state index in [0.29, 0.717) is 0 Å². The van der Waals surface area contributed by atoms with E-state index in [4.69, 9.17) is 10.2 Å². The van der Waals surface area contributed by atoms with Gasteiger partial charge in [-0.2, -0.15) is 5.11 Å². The number of nitrogens with zero attached hydrogens (tertiary/aromatic N) is 2. The van der Waals surface area contributed by atoms with Gasteiger partial charge in [-0.3, -0.25) is 0 Å². The molecule has 0 aliphatic carbocycles. The molecule has 0 heterocycles. The normalized spacial score (nSPS) is 10.2. The zero-order valence-electron chi connectivity index (χ0n) is 11.1. The summed E-state index contributed by atoms with van der Waals surface area (Å²) in [5.74, 6) is -2.82. The van der Waals surface area contributed by atoms with Crippen molar-refractivity contribution in [3.05, 3.63) is 53.6 Å². The summed E-state index contributed by atoms with van der Waals surface area (Å²) in [6.45, 7) is 0. The standard InChI is InChI=1S/C14H10N2O5.H2O/c17-12-6-5-8(7-10(12)14(20)21)15-16-11-4-2-1-3-9(11)13(18)19;/h1-7,17H,(H,18,19)(H,20,21);1H2. The van der Waals surface area contributed by atoms with Gasteiger partial charge in [0, 0.05) is 0 Å². The molecule has 22 heavy (non-hydrogen) atoms. The highest BCUT2D eigenvalue weighted by atomic mass is 16.4. The van der Waals surface area contributed by atoms with Crippen LogP contribution in [0.5, 0.6) is 5.75 Å². The third-order valence-electron chi connectivity index (χ3n) is 2.62. The Hall–Kier alpha value is -3.26. The van der Waals surface area contributed by atoms with Gasteiger partial charge in [0.2, 0.25) is 0 Å². The number of rotatable bonds is 4. The van der Waals surface area contributed by atoms with E-state index in [-0.39, 0.29) is 33.7 Å². The molecule has 0 amide bonds. The Morgan fingerprint density at radius 1 is 0.864 bits per heavy atom. The fourth-order valence-electron chi connectivity index (χ4n) is 1.61. The SMILES string of the molecule is O.O=C(O)c1cc(N=Nc2ccccc2C(=O)O)ccc1O. The lowest BCUT2D eigenvalue weighted by Gasteiger charge is -2.01. The molecule has 0 aromatic heterocycles. The molecule has 0 saturated heterocycles. The van der Waals surface area contributed by atoms with Gasteiger partial charge in [0.15, 0.2) is 0 Å². The van der Waals surface area contributed by atoms with Crippen LogP contribution in [0.25, 0.3) is 0 Å². The monoisotopic (exact) mass is 304 g/mol. The molecule has 0 unspecified atom stereocenters. The fraction of sp³-hybridized carbons (Fsp3) is 0. The molecular weight excluding hydrogens is 292 g/mol. The zero-order valence-corrected chi connectivity index (χ0v) is 11.1. The lowest BCUT2D eigenvalue weighted by molar-refractivity contribution is 0.0684. The van der Waals surface area contributed by atoms with Gasteiger partial charge < -0.3 is 20.8 Å². The van der Waals surface area contributed by atoms with E-state index in [9.17, 15) is 14.7 Å². The smallest absolute Gasteiger partial charge is 0.339 e. The average Bonchev–Trinajstić information content (AvgIpc) is 2.46. The van der Waals surface area contributed by atoms with E-state index < -0.39 is 11.9 Å². The van der Waals surface area contributed by atoms with Crippen LogP contribution >= 0.6 is 0 Å². The van der Waals surface area contributed by atoms with E-state index >= 15 is 0 Å². The largest absolute Gasteiger partial charge is 0.507 e. The molecule has 2 rings (SSSR count). The van der Waals surface area contributed by atoms with Gasteiger partial charge in [0.25, 0.3) is 0 Å². The second kappa shape index (κ2) is 6.95. The lowest BCUT2D eigenvalue weighted by atomic mass is 10.2. The maximum Gasteiger partial charge on any atom is 0.339 e. The molecule has 0 spiro atoms. The van der Waals surface area contributed by atoms with Crippen molar-refractivity contribution < 1.29 is 30.4 Å². The van der Waals surface area contributed by atoms with Gasteiger partial charge >= 0.3 is 11.9 Å². The van der Waals surface area contributed by atoms with Crippen LogP contribution in [0.1, 0.15) is 20.7 Å². The maximum atomic E-state index is 11.0. The zero-order chi connectivity index (χ0) is 15.4. The number of aromatic carboxylic acids is 2. The molecule has 0 aliphatic heterocycles. The molecule has 5 N–H and O–H groups in total. The minimum atomic E-state index is -1.30. The second-order valence-electron chi connectivity index (χ2n) is 4.03. The van der Waals surface area contributed by atoms with Crippen molar-refractivity contribution in [2.45, 2.75) is 0 Å². The summed E-state index contributed by atoms with van der Waals surface area (Å²) in [5.41, 5.74) is 0.0109. The van der Waals surface area contributed by atoms with Crippen LogP contribution < -0.4 is 0 Å². The molecule has 0 aliphatic rings. The maximum absolute atomic E-state index is 11.0. The molecule has 0 radical (unpaired) electrons. The molecule has 114 valence electrons. The minimum absolute atomic E-state index is 0. The quantitative estimate of drug-likeness (QED) is 0.740. The number of aromatic hydroxyl groups is 1. The van der Waals surface area contributed by atoms with E-state index in [1.807, 2.05) is 0 Å². The molecule has 0 fully saturated rings. The Bertz CT molecular complexity index is 742. The Balaban J connectivity index is 0.00000242. The van der Waals surface area contributed by atoms with Gasteiger partial charge in [-0.05, 0) is 30.3 Å². The number of benzene rings is 2. The highest BCUT2D eigenvalue weighted by Crippen LogP contribution is 2.26. The van der Waals surface area contributed by atoms with Crippen molar-refractivity contribution in [3.8, 4) is 5.75 Å². The molecule has 8 nitrogen and oxygen atoms in total. The minimum Gasteiger partial charge on any atom is -0.507 e. The molecule has 2 aromatic carbocycles. The van der Waals surface area contributed by atoms with Crippen LogP contribution in [0.4, 0.5) is 11.4 Å². The van der Waals surface area contributed by atoms with Crippen LogP contribution in [0.2, 0.25) is 0 Å². The molecular formula is C14H12N2O6. The van der Waals surface area contributed by atoms with Crippen molar-refractivity contribution >= 4 is 23.3 Å². The van der Waals surface area contributed by atoms with Gasteiger partial charge in [0.05, 0.1) is 11.3 Å². The molecule has 0 bridgehead atoms. The van der Waals surface area contributed by atoms with Crippen molar-refractivity contribution in [1.29, 1.82) is 0 Å². The van der Waals surface area contributed by atoms with E-state index in [0.717, 1.165) is 6.07 Å². The number of phenols is 1. The Morgan fingerprint density at radius 2 is 1.50 bits per heavy atom. The van der Waals surface area contributed by atoms with Crippen LogP contribution in [0.3, 0.4) is 0 Å². The summed E-state index contributed by atoms with van der Waals surface area (Å²) < 4.78 is 0.